The Morgan fingerprint density at radius 2 is 2.21 bits per heavy atom. The van der Waals surface area contributed by atoms with Crippen molar-refractivity contribution in [1.82, 2.24) is 20.4 Å². The molecule has 2 bridgehead atoms. The number of fused-ring (bicyclic) bond motifs is 2. The summed E-state index contributed by atoms with van der Waals surface area (Å²) in [5, 5.41) is 7.15. The summed E-state index contributed by atoms with van der Waals surface area (Å²) in [6.45, 7) is 5.51. The lowest BCUT2D eigenvalue weighted by Crippen LogP contribution is -2.50. The van der Waals surface area contributed by atoms with E-state index in [4.69, 9.17) is 4.52 Å². The van der Waals surface area contributed by atoms with Crippen LogP contribution < -0.4 is 5.32 Å². The number of urea groups is 1. The molecule has 6 heteroatoms. The highest BCUT2D eigenvalue weighted by molar-refractivity contribution is 5.74. The molecule has 2 amide bonds. The minimum atomic E-state index is 0.0752. The summed E-state index contributed by atoms with van der Waals surface area (Å²) >= 11 is 0. The number of nitrogens with zero attached hydrogens (tertiary/aromatic N) is 3. The first-order valence-corrected chi connectivity index (χ1v) is 9.46. The smallest absolute Gasteiger partial charge is 0.317 e. The van der Waals surface area contributed by atoms with Crippen LogP contribution in [0.5, 0.6) is 0 Å². The summed E-state index contributed by atoms with van der Waals surface area (Å²) < 4.78 is 5.31. The van der Waals surface area contributed by atoms with Gasteiger partial charge in [-0.3, -0.25) is 0 Å². The predicted octanol–water partition coefficient (Wildman–Crippen LogP) is 3.09. The molecule has 2 saturated carbocycles. The van der Waals surface area contributed by atoms with Crippen LogP contribution in [0.3, 0.4) is 0 Å². The van der Waals surface area contributed by atoms with Crippen LogP contribution in [0.15, 0.2) is 4.52 Å². The van der Waals surface area contributed by atoms with E-state index in [2.05, 4.69) is 22.4 Å². The number of amides is 2. The van der Waals surface area contributed by atoms with Crippen LogP contribution in [-0.4, -0.2) is 40.2 Å². The maximum Gasteiger partial charge on any atom is 0.317 e. The van der Waals surface area contributed by atoms with Crippen LogP contribution in [0.1, 0.15) is 63.1 Å². The molecule has 24 heavy (non-hydrogen) atoms. The quantitative estimate of drug-likeness (QED) is 0.923. The van der Waals surface area contributed by atoms with Crippen molar-refractivity contribution in [1.29, 1.82) is 0 Å². The van der Waals surface area contributed by atoms with E-state index >= 15 is 0 Å². The second kappa shape index (κ2) is 6.37. The number of piperidine rings is 1. The van der Waals surface area contributed by atoms with Gasteiger partial charge in [0.25, 0.3) is 0 Å². The molecular formula is C18H28N4O2. The Kier molecular flexibility index (Phi) is 4.22. The van der Waals surface area contributed by atoms with E-state index in [0.717, 1.165) is 31.2 Å². The van der Waals surface area contributed by atoms with Crippen molar-refractivity contribution in [2.45, 2.75) is 64.3 Å². The first-order valence-electron chi connectivity index (χ1n) is 9.46. The topological polar surface area (TPSA) is 71.3 Å². The zero-order chi connectivity index (χ0) is 16.7. The highest BCUT2D eigenvalue weighted by Gasteiger charge is 2.42. The minimum absolute atomic E-state index is 0.0752. The first kappa shape index (κ1) is 15.9. The molecule has 4 rings (SSSR count). The highest BCUT2D eigenvalue weighted by atomic mass is 16.5. The number of hydrogen-bond donors (Lipinski definition) is 1. The fraction of sp³-hybridized carbons (Fsp3) is 0.833. The Morgan fingerprint density at radius 1 is 1.33 bits per heavy atom. The Hall–Kier alpha value is -1.59. The molecule has 1 saturated heterocycles. The molecule has 132 valence electrons. The third-order valence-electron chi connectivity index (χ3n) is 6.39. The SMILES string of the molecule is Cc1noc(C2CCCN(C(=O)NC(C)C3CC4CCC3C4)C2)n1. The van der Waals surface area contributed by atoms with Gasteiger partial charge >= 0.3 is 6.03 Å². The highest BCUT2D eigenvalue weighted by Crippen LogP contribution is 2.49. The Morgan fingerprint density at radius 3 is 2.88 bits per heavy atom. The molecule has 2 heterocycles. The van der Waals surface area contributed by atoms with Crippen LogP contribution in [-0.2, 0) is 0 Å². The van der Waals surface area contributed by atoms with Gasteiger partial charge < -0.3 is 14.7 Å². The van der Waals surface area contributed by atoms with E-state index in [-0.39, 0.29) is 18.0 Å². The van der Waals surface area contributed by atoms with E-state index in [9.17, 15) is 4.79 Å². The molecule has 2 aliphatic carbocycles. The van der Waals surface area contributed by atoms with E-state index in [1.165, 1.54) is 25.7 Å². The van der Waals surface area contributed by atoms with Gasteiger partial charge in [0.15, 0.2) is 5.82 Å². The van der Waals surface area contributed by atoms with Crippen molar-refractivity contribution in [2.75, 3.05) is 13.1 Å². The lowest BCUT2D eigenvalue weighted by molar-refractivity contribution is 0.161. The van der Waals surface area contributed by atoms with Crippen LogP contribution in [0.2, 0.25) is 0 Å². The monoisotopic (exact) mass is 332 g/mol. The number of nitrogens with one attached hydrogen (secondary N) is 1. The van der Waals surface area contributed by atoms with Gasteiger partial charge in [0.1, 0.15) is 0 Å². The summed E-state index contributed by atoms with van der Waals surface area (Å²) in [6, 6.07) is 0.352. The van der Waals surface area contributed by atoms with E-state index in [1.807, 2.05) is 11.8 Å². The van der Waals surface area contributed by atoms with Gasteiger partial charge in [-0.25, -0.2) is 4.79 Å². The average Bonchev–Trinajstić information content (AvgIpc) is 3.31. The molecule has 1 aromatic heterocycles. The number of hydrogen-bond acceptors (Lipinski definition) is 4. The molecule has 1 aromatic rings. The lowest BCUT2D eigenvalue weighted by atomic mass is 9.84. The van der Waals surface area contributed by atoms with Crippen molar-refractivity contribution in [3.05, 3.63) is 11.7 Å². The van der Waals surface area contributed by atoms with Crippen molar-refractivity contribution in [3.8, 4) is 0 Å². The Balaban J connectivity index is 1.34. The van der Waals surface area contributed by atoms with Gasteiger partial charge in [-0.05, 0) is 63.7 Å². The van der Waals surface area contributed by atoms with E-state index in [1.54, 1.807) is 0 Å². The first-order chi connectivity index (χ1) is 11.6. The van der Waals surface area contributed by atoms with E-state index < -0.39 is 0 Å². The number of rotatable bonds is 3. The molecule has 3 fully saturated rings. The summed E-state index contributed by atoms with van der Waals surface area (Å²) in [5.41, 5.74) is 0. The third kappa shape index (κ3) is 3.03. The van der Waals surface area contributed by atoms with E-state index in [0.29, 0.717) is 24.2 Å². The normalized spacial score (nSPS) is 33.7. The average molecular weight is 332 g/mol. The maximum absolute atomic E-state index is 12.7. The number of aryl methyl sites for hydroxylation is 1. The lowest BCUT2D eigenvalue weighted by Gasteiger charge is -2.34. The number of carbonyl (C=O) groups excluding carboxylic acids is 1. The van der Waals surface area contributed by atoms with Gasteiger partial charge in [0, 0.05) is 19.1 Å². The van der Waals surface area contributed by atoms with Gasteiger partial charge in [-0.15, -0.1) is 0 Å². The molecule has 1 aliphatic heterocycles. The van der Waals surface area contributed by atoms with Crippen LogP contribution >= 0.6 is 0 Å². The second-order valence-corrected chi connectivity index (χ2v) is 8.04. The van der Waals surface area contributed by atoms with Crippen molar-refractivity contribution in [2.24, 2.45) is 17.8 Å². The Labute approximate surface area is 143 Å². The molecule has 6 nitrogen and oxygen atoms in total. The molecule has 5 unspecified atom stereocenters. The standard InChI is InChI=1S/C18H28N4O2/c1-11(16-9-13-5-6-14(16)8-13)19-18(23)22-7-3-4-15(10-22)17-20-12(2)21-24-17/h11,13-16H,3-10H2,1-2H3,(H,19,23). The van der Waals surface area contributed by atoms with Crippen molar-refractivity contribution in [3.63, 3.8) is 0 Å². The molecule has 0 radical (unpaired) electrons. The van der Waals surface area contributed by atoms with Gasteiger partial charge in [0.2, 0.25) is 5.89 Å². The molecule has 5 atom stereocenters. The fourth-order valence-corrected chi connectivity index (χ4v) is 5.14. The molecule has 0 aromatic carbocycles. The number of carbonyl (C=O) groups is 1. The second-order valence-electron chi connectivity index (χ2n) is 8.04. The predicted molar refractivity (Wildman–Crippen MR) is 89.5 cm³/mol. The maximum atomic E-state index is 12.7. The summed E-state index contributed by atoms with van der Waals surface area (Å²) in [5.74, 6) is 3.93. The zero-order valence-electron chi connectivity index (χ0n) is 14.7. The van der Waals surface area contributed by atoms with Crippen LogP contribution in [0.25, 0.3) is 0 Å². The largest absolute Gasteiger partial charge is 0.339 e. The summed E-state index contributed by atoms with van der Waals surface area (Å²) in [6.07, 6.45) is 7.44. The van der Waals surface area contributed by atoms with Crippen molar-refractivity contribution < 1.29 is 9.32 Å². The van der Waals surface area contributed by atoms with Gasteiger partial charge in [-0.2, -0.15) is 4.98 Å². The number of aromatic nitrogens is 2. The van der Waals surface area contributed by atoms with Crippen LogP contribution in [0.4, 0.5) is 4.79 Å². The van der Waals surface area contributed by atoms with Gasteiger partial charge in [0.05, 0.1) is 5.92 Å². The summed E-state index contributed by atoms with van der Waals surface area (Å²) in [7, 11) is 0. The van der Waals surface area contributed by atoms with Crippen LogP contribution in [0, 0.1) is 24.7 Å². The zero-order valence-corrected chi connectivity index (χ0v) is 14.7. The molecule has 1 N–H and O–H groups in total. The van der Waals surface area contributed by atoms with Gasteiger partial charge in [-0.1, -0.05) is 11.6 Å². The molecular weight excluding hydrogens is 304 g/mol. The third-order valence-corrected chi connectivity index (χ3v) is 6.39. The summed E-state index contributed by atoms with van der Waals surface area (Å²) in [4.78, 5) is 19.0. The Bertz CT molecular complexity index is 602. The number of likely N-dealkylation sites (tertiary alicyclic amines) is 1. The minimum Gasteiger partial charge on any atom is -0.339 e. The molecule has 3 aliphatic rings. The van der Waals surface area contributed by atoms with Crippen molar-refractivity contribution >= 4 is 6.03 Å². The molecule has 0 spiro atoms. The fourth-order valence-electron chi connectivity index (χ4n) is 5.14.